The van der Waals surface area contributed by atoms with E-state index in [2.05, 4.69) is 4.98 Å². The van der Waals surface area contributed by atoms with Crippen LogP contribution < -0.4 is 5.73 Å². The van der Waals surface area contributed by atoms with Crippen LogP contribution in [0.4, 0.5) is 0 Å². The van der Waals surface area contributed by atoms with Gasteiger partial charge in [0.05, 0.1) is 6.61 Å². The molecule has 0 aliphatic heterocycles. The van der Waals surface area contributed by atoms with Crippen molar-refractivity contribution < 1.29 is 9.53 Å². The highest BCUT2D eigenvalue weighted by Gasteiger charge is 2.15. The Balaban J connectivity index is 2.58. The van der Waals surface area contributed by atoms with E-state index in [1.807, 2.05) is 19.1 Å². The van der Waals surface area contributed by atoms with Gasteiger partial charge >= 0.3 is 5.97 Å². The van der Waals surface area contributed by atoms with E-state index < -0.39 is 6.04 Å². The van der Waals surface area contributed by atoms with E-state index in [1.165, 1.54) is 0 Å². The number of esters is 1. The third kappa shape index (κ3) is 3.67. The number of ether oxygens (including phenoxy) is 1. The Kier molecular flexibility index (Phi) is 4.24. The van der Waals surface area contributed by atoms with Crippen molar-refractivity contribution in [3.8, 4) is 0 Å². The molecule has 0 radical (unpaired) electrons. The van der Waals surface area contributed by atoms with Gasteiger partial charge in [0, 0.05) is 18.3 Å². The van der Waals surface area contributed by atoms with Gasteiger partial charge in [0.25, 0.3) is 0 Å². The largest absolute Gasteiger partial charge is 0.465 e. The molecule has 1 heterocycles. The molecule has 1 rings (SSSR count). The van der Waals surface area contributed by atoms with Crippen LogP contribution in [0.2, 0.25) is 0 Å². The molecule has 1 unspecified atom stereocenters. The standard InChI is InChI=1S/C11H16N2O2/c1-3-15-11(14)10(12)7-9-6-8(2)4-5-13-9/h4-6,10H,3,7,12H2,1-2H3. The number of pyridine rings is 1. The fourth-order valence-corrected chi connectivity index (χ4v) is 1.27. The van der Waals surface area contributed by atoms with Crippen LogP contribution in [0.25, 0.3) is 0 Å². The molecule has 15 heavy (non-hydrogen) atoms. The topological polar surface area (TPSA) is 65.2 Å². The van der Waals surface area contributed by atoms with Crippen molar-refractivity contribution >= 4 is 5.97 Å². The summed E-state index contributed by atoms with van der Waals surface area (Å²) < 4.78 is 4.81. The molecule has 2 N–H and O–H groups in total. The first-order valence-electron chi connectivity index (χ1n) is 4.97. The molecule has 4 heteroatoms. The van der Waals surface area contributed by atoms with Gasteiger partial charge in [-0.2, -0.15) is 0 Å². The zero-order valence-electron chi connectivity index (χ0n) is 9.06. The molecule has 1 aromatic heterocycles. The van der Waals surface area contributed by atoms with Crippen molar-refractivity contribution in [3.63, 3.8) is 0 Å². The lowest BCUT2D eigenvalue weighted by Crippen LogP contribution is -2.34. The Morgan fingerprint density at radius 1 is 1.67 bits per heavy atom. The molecule has 0 saturated carbocycles. The molecule has 0 bridgehead atoms. The molecular formula is C11H16N2O2. The van der Waals surface area contributed by atoms with Crippen LogP contribution in [0.15, 0.2) is 18.3 Å². The molecule has 0 fully saturated rings. The van der Waals surface area contributed by atoms with Crippen molar-refractivity contribution in [2.45, 2.75) is 26.3 Å². The Labute approximate surface area is 89.5 Å². The monoisotopic (exact) mass is 208 g/mol. The second kappa shape index (κ2) is 5.46. The molecule has 4 nitrogen and oxygen atoms in total. The van der Waals surface area contributed by atoms with Crippen LogP contribution >= 0.6 is 0 Å². The maximum absolute atomic E-state index is 11.3. The summed E-state index contributed by atoms with van der Waals surface area (Å²) in [5, 5.41) is 0. The van der Waals surface area contributed by atoms with E-state index in [-0.39, 0.29) is 5.97 Å². The van der Waals surface area contributed by atoms with E-state index in [0.717, 1.165) is 11.3 Å². The third-order valence-electron chi connectivity index (χ3n) is 1.99. The minimum atomic E-state index is -0.626. The normalized spacial score (nSPS) is 12.2. The fraction of sp³-hybridized carbons (Fsp3) is 0.455. The van der Waals surface area contributed by atoms with Gasteiger partial charge in [-0.05, 0) is 31.5 Å². The highest BCUT2D eigenvalue weighted by atomic mass is 16.5. The van der Waals surface area contributed by atoms with Crippen LogP contribution in [-0.4, -0.2) is 23.6 Å². The minimum Gasteiger partial charge on any atom is -0.465 e. The van der Waals surface area contributed by atoms with E-state index in [4.69, 9.17) is 10.5 Å². The van der Waals surface area contributed by atoms with E-state index in [0.29, 0.717) is 13.0 Å². The number of aromatic nitrogens is 1. The van der Waals surface area contributed by atoms with Gasteiger partial charge in [0.1, 0.15) is 6.04 Å². The van der Waals surface area contributed by atoms with Crippen LogP contribution in [0.3, 0.4) is 0 Å². The molecule has 0 saturated heterocycles. The van der Waals surface area contributed by atoms with Crippen LogP contribution in [0, 0.1) is 6.92 Å². The second-order valence-corrected chi connectivity index (χ2v) is 3.39. The van der Waals surface area contributed by atoms with Gasteiger partial charge in [0.2, 0.25) is 0 Å². The molecule has 0 aliphatic rings. The molecule has 1 atom stereocenters. The van der Waals surface area contributed by atoms with Crippen molar-refractivity contribution in [3.05, 3.63) is 29.6 Å². The summed E-state index contributed by atoms with van der Waals surface area (Å²) >= 11 is 0. The number of hydrogen-bond donors (Lipinski definition) is 1. The maximum atomic E-state index is 11.3. The van der Waals surface area contributed by atoms with Crippen LogP contribution in [0.5, 0.6) is 0 Å². The lowest BCUT2D eigenvalue weighted by Gasteiger charge is -2.09. The van der Waals surface area contributed by atoms with Gasteiger partial charge in [0.15, 0.2) is 0 Å². The summed E-state index contributed by atoms with van der Waals surface area (Å²) in [6, 6.07) is 3.19. The Morgan fingerprint density at radius 3 is 3.00 bits per heavy atom. The number of hydrogen-bond acceptors (Lipinski definition) is 4. The fourth-order valence-electron chi connectivity index (χ4n) is 1.27. The number of nitrogens with zero attached hydrogens (tertiary/aromatic N) is 1. The van der Waals surface area contributed by atoms with Gasteiger partial charge < -0.3 is 10.5 Å². The lowest BCUT2D eigenvalue weighted by molar-refractivity contribution is -0.144. The molecule has 0 amide bonds. The smallest absolute Gasteiger partial charge is 0.323 e. The predicted octanol–water partition coefficient (Wildman–Crippen LogP) is 0.823. The quantitative estimate of drug-likeness (QED) is 0.744. The van der Waals surface area contributed by atoms with Crippen molar-refractivity contribution in [1.82, 2.24) is 4.98 Å². The molecule has 0 aliphatic carbocycles. The maximum Gasteiger partial charge on any atom is 0.323 e. The number of carbonyl (C=O) groups is 1. The van der Waals surface area contributed by atoms with Gasteiger partial charge in [-0.3, -0.25) is 9.78 Å². The number of nitrogens with two attached hydrogens (primary N) is 1. The van der Waals surface area contributed by atoms with Crippen molar-refractivity contribution in [2.75, 3.05) is 6.61 Å². The predicted molar refractivity (Wildman–Crippen MR) is 57.3 cm³/mol. The average Bonchev–Trinajstić information content (AvgIpc) is 2.18. The van der Waals surface area contributed by atoms with E-state index in [9.17, 15) is 4.79 Å². The second-order valence-electron chi connectivity index (χ2n) is 3.39. The number of aryl methyl sites for hydroxylation is 1. The Hall–Kier alpha value is -1.42. The first kappa shape index (κ1) is 11.7. The first-order valence-corrected chi connectivity index (χ1v) is 4.97. The highest BCUT2D eigenvalue weighted by molar-refractivity contribution is 5.75. The molecule has 1 aromatic rings. The lowest BCUT2D eigenvalue weighted by atomic mass is 10.1. The summed E-state index contributed by atoms with van der Waals surface area (Å²) in [5.74, 6) is -0.374. The summed E-state index contributed by atoms with van der Waals surface area (Å²) in [4.78, 5) is 15.4. The van der Waals surface area contributed by atoms with Gasteiger partial charge in [-0.25, -0.2) is 0 Å². The summed E-state index contributed by atoms with van der Waals surface area (Å²) in [6.07, 6.45) is 2.13. The molecule has 0 spiro atoms. The zero-order valence-corrected chi connectivity index (χ0v) is 9.06. The van der Waals surface area contributed by atoms with E-state index in [1.54, 1.807) is 13.1 Å². The van der Waals surface area contributed by atoms with E-state index >= 15 is 0 Å². The van der Waals surface area contributed by atoms with Crippen molar-refractivity contribution in [1.29, 1.82) is 0 Å². The Bertz CT molecular complexity index is 339. The summed E-state index contributed by atoms with van der Waals surface area (Å²) in [5.41, 5.74) is 7.59. The zero-order chi connectivity index (χ0) is 11.3. The molecular weight excluding hydrogens is 192 g/mol. The van der Waals surface area contributed by atoms with Crippen LogP contribution in [0.1, 0.15) is 18.2 Å². The molecule has 0 aromatic carbocycles. The number of carbonyl (C=O) groups excluding carboxylic acids is 1. The first-order chi connectivity index (χ1) is 7.13. The SMILES string of the molecule is CCOC(=O)C(N)Cc1cc(C)ccn1. The summed E-state index contributed by atoms with van der Waals surface area (Å²) in [6.45, 7) is 4.09. The molecule has 82 valence electrons. The third-order valence-corrected chi connectivity index (χ3v) is 1.99. The van der Waals surface area contributed by atoms with Crippen molar-refractivity contribution in [2.24, 2.45) is 5.73 Å². The summed E-state index contributed by atoms with van der Waals surface area (Å²) in [7, 11) is 0. The highest BCUT2D eigenvalue weighted by Crippen LogP contribution is 2.03. The van der Waals surface area contributed by atoms with Gasteiger partial charge in [-0.15, -0.1) is 0 Å². The Morgan fingerprint density at radius 2 is 2.40 bits per heavy atom. The average molecular weight is 208 g/mol. The minimum absolute atomic E-state index is 0.355. The number of rotatable bonds is 4. The van der Waals surface area contributed by atoms with Gasteiger partial charge in [-0.1, -0.05) is 0 Å². The van der Waals surface area contributed by atoms with Crippen LogP contribution in [-0.2, 0) is 16.0 Å².